The highest BCUT2D eigenvalue weighted by atomic mass is 32.2. The summed E-state index contributed by atoms with van der Waals surface area (Å²) in [6, 6.07) is 11.3. The average molecular weight is 394 g/mol. The fourth-order valence-corrected chi connectivity index (χ4v) is 4.65. The normalized spacial score (nSPS) is 16.2. The second-order valence-electron chi connectivity index (χ2n) is 6.52. The summed E-state index contributed by atoms with van der Waals surface area (Å²) >= 11 is 0. The molecule has 27 heavy (non-hydrogen) atoms. The van der Waals surface area contributed by atoms with Crippen molar-refractivity contribution in [1.29, 1.82) is 0 Å². The van der Waals surface area contributed by atoms with Crippen molar-refractivity contribution in [3.63, 3.8) is 0 Å². The minimum Gasteiger partial charge on any atom is -0.326 e. The highest BCUT2D eigenvalue weighted by Crippen LogP contribution is 2.23. The number of benzene rings is 2. The van der Waals surface area contributed by atoms with E-state index in [0.717, 1.165) is 0 Å². The smallest absolute Gasteiger partial charge is 0.227 e. The zero-order valence-electron chi connectivity index (χ0n) is 14.6. The molecule has 0 bridgehead atoms. The van der Waals surface area contributed by atoms with E-state index in [1.165, 1.54) is 46.8 Å². The number of nitrogens with one attached hydrogen (secondary N) is 1. The lowest BCUT2D eigenvalue weighted by Crippen LogP contribution is -2.42. The summed E-state index contributed by atoms with van der Waals surface area (Å²) in [7, 11) is -3.65. The van der Waals surface area contributed by atoms with Gasteiger partial charge >= 0.3 is 0 Å². The Morgan fingerprint density at radius 3 is 2.30 bits per heavy atom. The lowest BCUT2D eigenvalue weighted by Gasteiger charge is -2.30. The maximum absolute atomic E-state index is 13.7. The zero-order chi connectivity index (χ0) is 19.4. The summed E-state index contributed by atoms with van der Waals surface area (Å²) in [4.78, 5) is 12.3. The van der Waals surface area contributed by atoms with E-state index in [9.17, 15) is 22.0 Å². The van der Waals surface area contributed by atoms with Gasteiger partial charge in [-0.2, -0.15) is 0 Å². The molecule has 1 fully saturated rings. The van der Waals surface area contributed by atoms with E-state index in [0.29, 0.717) is 18.5 Å². The second kappa shape index (κ2) is 8.14. The van der Waals surface area contributed by atoms with E-state index in [1.54, 1.807) is 6.07 Å². The third kappa shape index (κ3) is 4.90. The van der Waals surface area contributed by atoms with Crippen LogP contribution in [0.2, 0.25) is 0 Å². The lowest BCUT2D eigenvalue weighted by atomic mass is 9.97. The molecule has 1 amide bonds. The minimum atomic E-state index is -3.65. The number of hydrogen-bond donors (Lipinski definition) is 1. The third-order valence-electron chi connectivity index (χ3n) is 4.63. The van der Waals surface area contributed by atoms with E-state index in [1.807, 2.05) is 0 Å². The third-order valence-corrected chi connectivity index (χ3v) is 6.45. The summed E-state index contributed by atoms with van der Waals surface area (Å²) in [6.45, 7) is 0.413. The number of sulfonamides is 1. The first-order chi connectivity index (χ1) is 12.8. The fraction of sp³-hybridized carbons (Fsp3) is 0.316. The highest BCUT2D eigenvalue weighted by molar-refractivity contribution is 7.88. The van der Waals surface area contributed by atoms with Crippen molar-refractivity contribution >= 4 is 21.6 Å². The van der Waals surface area contributed by atoms with Crippen LogP contribution in [0.1, 0.15) is 18.4 Å². The van der Waals surface area contributed by atoms with Crippen molar-refractivity contribution in [2.45, 2.75) is 18.6 Å². The van der Waals surface area contributed by atoms with E-state index in [2.05, 4.69) is 5.32 Å². The molecule has 0 aliphatic carbocycles. The van der Waals surface area contributed by atoms with E-state index in [4.69, 9.17) is 0 Å². The standard InChI is InChI=1S/C19H20F2N2O3S/c20-16-5-7-17(8-6-16)22-19(24)14-9-11-23(12-10-14)27(25,26)13-15-3-1-2-4-18(15)21/h1-8,14H,9-13H2,(H,22,24). The van der Waals surface area contributed by atoms with E-state index < -0.39 is 21.6 Å². The molecule has 2 aromatic rings. The number of piperidine rings is 1. The molecule has 5 nitrogen and oxygen atoms in total. The van der Waals surface area contributed by atoms with Crippen molar-refractivity contribution in [3.8, 4) is 0 Å². The predicted octanol–water partition coefficient (Wildman–Crippen LogP) is 3.15. The summed E-state index contributed by atoms with van der Waals surface area (Å²) in [5, 5.41) is 2.72. The van der Waals surface area contributed by atoms with Crippen molar-refractivity contribution in [2.75, 3.05) is 18.4 Å². The fourth-order valence-electron chi connectivity index (χ4n) is 3.08. The molecular formula is C19H20F2N2O3S. The number of hydrogen-bond acceptors (Lipinski definition) is 3. The number of carbonyl (C=O) groups is 1. The SMILES string of the molecule is O=C(Nc1ccc(F)cc1)C1CCN(S(=O)(=O)Cc2ccccc2F)CC1. The summed E-state index contributed by atoms with van der Waals surface area (Å²) in [5.74, 6) is -1.87. The Hall–Kier alpha value is -2.32. The predicted molar refractivity (Wildman–Crippen MR) is 98.4 cm³/mol. The van der Waals surface area contributed by atoms with Crippen molar-refractivity contribution in [3.05, 3.63) is 65.7 Å². The zero-order valence-corrected chi connectivity index (χ0v) is 15.4. The maximum atomic E-state index is 13.7. The van der Waals surface area contributed by atoms with Gasteiger partial charge in [0, 0.05) is 30.3 Å². The molecule has 2 aromatic carbocycles. The molecule has 0 saturated carbocycles. The van der Waals surface area contributed by atoms with E-state index in [-0.39, 0.29) is 36.3 Å². The molecule has 0 atom stereocenters. The van der Waals surface area contributed by atoms with Crippen LogP contribution < -0.4 is 5.32 Å². The molecule has 8 heteroatoms. The summed E-state index contributed by atoms with van der Waals surface area (Å²) < 4.78 is 53.0. The Labute approximate surface area is 157 Å². The van der Waals surface area contributed by atoms with Gasteiger partial charge in [-0.25, -0.2) is 21.5 Å². The van der Waals surface area contributed by atoms with Crippen molar-refractivity contribution in [1.82, 2.24) is 4.31 Å². The van der Waals surface area contributed by atoms with Gasteiger partial charge in [0.2, 0.25) is 15.9 Å². The van der Waals surface area contributed by atoms with Crippen molar-refractivity contribution in [2.24, 2.45) is 5.92 Å². The number of amides is 1. The van der Waals surface area contributed by atoms with Crippen LogP contribution in [-0.2, 0) is 20.6 Å². The van der Waals surface area contributed by atoms with Crippen LogP contribution in [0.15, 0.2) is 48.5 Å². The van der Waals surface area contributed by atoms with Gasteiger partial charge in [0.25, 0.3) is 0 Å². The van der Waals surface area contributed by atoms with Crippen LogP contribution >= 0.6 is 0 Å². The van der Waals surface area contributed by atoms with Gasteiger partial charge in [-0.1, -0.05) is 18.2 Å². The molecule has 0 spiro atoms. The molecule has 0 aromatic heterocycles. The molecule has 3 rings (SSSR count). The van der Waals surface area contributed by atoms with Gasteiger partial charge in [0.05, 0.1) is 5.75 Å². The van der Waals surface area contributed by atoms with Crippen LogP contribution in [0.5, 0.6) is 0 Å². The molecular weight excluding hydrogens is 374 g/mol. The van der Waals surface area contributed by atoms with Crippen LogP contribution in [0.4, 0.5) is 14.5 Å². The number of halogens is 2. The molecule has 0 radical (unpaired) electrons. The molecule has 144 valence electrons. The van der Waals surface area contributed by atoms with Gasteiger partial charge in [0.15, 0.2) is 0 Å². The first kappa shape index (κ1) is 19.4. The number of rotatable bonds is 5. The first-order valence-corrected chi connectivity index (χ1v) is 10.2. The summed E-state index contributed by atoms with van der Waals surface area (Å²) in [6.07, 6.45) is 0.757. The highest BCUT2D eigenvalue weighted by Gasteiger charge is 2.31. The Morgan fingerprint density at radius 2 is 1.67 bits per heavy atom. The molecule has 1 heterocycles. The van der Waals surface area contributed by atoms with Crippen LogP contribution in [0, 0.1) is 17.6 Å². The van der Waals surface area contributed by atoms with Crippen molar-refractivity contribution < 1.29 is 22.0 Å². The summed E-state index contributed by atoms with van der Waals surface area (Å²) in [5.41, 5.74) is 0.629. The largest absolute Gasteiger partial charge is 0.326 e. The Bertz CT molecular complexity index is 909. The van der Waals surface area contributed by atoms with Gasteiger partial charge < -0.3 is 5.32 Å². The van der Waals surface area contributed by atoms with Crippen LogP contribution in [-0.4, -0.2) is 31.7 Å². The number of carbonyl (C=O) groups excluding carboxylic acids is 1. The topological polar surface area (TPSA) is 66.5 Å². The molecule has 1 aliphatic heterocycles. The monoisotopic (exact) mass is 394 g/mol. The Kier molecular flexibility index (Phi) is 5.86. The van der Waals surface area contributed by atoms with Gasteiger partial charge in [-0.05, 0) is 43.2 Å². The molecule has 1 saturated heterocycles. The Balaban J connectivity index is 1.57. The van der Waals surface area contributed by atoms with Crippen LogP contribution in [0.25, 0.3) is 0 Å². The van der Waals surface area contributed by atoms with Gasteiger partial charge in [-0.3, -0.25) is 4.79 Å². The van der Waals surface area contributed by atoms with Crippen LogP contribution in [0.3, 0.4) is 0 Å². The van der Waals surface area contributed by atoms with E-state index >= 15 is 0 Å². The number of nitrogens with zero attached hydrogens (tertiary/aromatic N) is 1. The molecule has 1 aliphatic rings. The minimum absolute atomic E-state index is 0.133. The lowest BCUT2D eigenvalue weighted by molar-refractivity contribution is -0.120. The average Bonchev–Trinajstić information content (AvgIpc) is 2.65. The van der Waals surface area contributed by atoms with Gasteiger partial charge in [0.1, 0.15) is 11.6 Å². The maximum Gasteiger partial charge on any atom is 0.227 e. The number of anilines is 1. The molecule has 0 unspecified atom stereocenters. The second-order valence-corrected chi connectivity index (χ2v) is 8.49. The Morgan fingerprint density at radius 1 is 1.04 bits per heavy atom. The quantitative estimate of drug-likeness (QED) is 0.847. The first-order valence-electron chi connectivity index (χ1n) is 8.63. The van der Waals surface area contributed by atoms with Gasteiger partial charge in [-0.15, -0.1) is 0 Å². The molecule has 1 N–H and O–H groups in total.